The summed E-state index contributed by atoms with van der Waals surface area (Å²) < 4.78 is 0. The summed E-state index contributed by atoms with van der Waals surface area (Å²) in [6.45, 7) is 11.2. The van der Waals surface area contributed by atoms with E-state index in [0.29, 0.717) is 0 Å². The van der Waals surface area contributed by atoms with Crippen molar-refractivity contribution < 1.29 is 9.90 Å². The van der Waals surface area contributed by atoms with E-state index in [-0.39, 0.29) is 15.9 Å². The monoisotopic (exact) mass is 321 g/mol. The lowest BCUT2D eigenvalue weighted by Crippen LogP contribution is -2.23. The van der Waals surface area contributed by atoms with Gasteiger partial charge in [0.1, 0.15) is 22.2 Å². The summed E-state index contributed by atoms with van der Waals surface area (Å²) in [7, 11) is 0. The lowest BCUT2D eigenvalue weighted by atomic mass is 10.2. The molecule has 114 valence electrons. The molecule has 1 aromatic rings. The maximum absolute atomic E-state index is 10.4. The number of hydrogen-bond acceptors (Lipinski definition) is 4. The molecule has 0 aliphatic rings. The highest BCUT2D eigenvalue weighted by Gasteiger charge is 2.14. The fraction of sp³-hybridized carbons (Fsp3) is 0.615. The van der Waals surface area contributed by atoms with Gasteiger partial charge in [0.25, 0.3) is 0 Å². The number of halogens is 2. The van der Waals surface area contributed by atoms with Crippen LogP contribution in [0.3, 0.4) is 0 Å². The van der Waals surface area contributed by atoms with Gasteiger partial charge >= 0.3 is 5.97 Å². The number of hydrogen-bond donors (Lipinski definition) is 2. The average molecular weight is 322 g/mol. The standard InChI is InChI=1S/C8H19N.C5H2Cl2N2O2/c1-7(2)5-9-6-8(3)4;6-3-2(5(10)11)4(7)9-1-8-3/h7-9H,5-6H2,1-4H3;1H,(H,10,11). The number of carbonyl (C=O) groups is 1. The van der Waals surface area contributed by atoms with Gasteiger partial charge in [-0.05, 0) is 24.9 Å². The average Bonchev–Trinajstić information content (AvgIpc) is 2.27. The Balaban J connectivity index is 0.000000370. The smallest absolute Gasteiger partial charge is 0.342 e. The quantitative estimate of drug-likeness (QED) is 0.813. The van der Waals surface area contributed by atoms with Crippen molar-refractivity contribution >= 4 is 29.2 Å². The van der Waals surface area contributed by atoms with E-state index >= 15 is 0 Å². The Morgan fingerprint density at radius 1 is 1.15 bits per heavy atom. The van der Waals surface area contributed by atoms with Gasteiger partial charge in [0.05, 0.1) is 0 Å². The Morgan fingerprint density at radius 2 is 1.55 bits per heavy atom. The molecule has 20 heavy (non-hydrogen) atoms. The zero-order chi connectivity index (χ0) is 15.7. The van der Waals surface area contributed by atoms with Gasteiger partial charge in [-0.15, -0.1) is 0 Å². The van der Waals surface area contributed by atoms with Crippen LogP contribution in [0.4, 0.5) is 0 Å². The Kier molecular flexibility index (Phi) is 9.46. The molecule has 0 aliphatic carbocycles. The molecule has 0 unspecified atom stereocenters. The van der Waals surface area contributed by atoms with E-state index in [9.17, 15) is 4.79 Å². The summed E-state index contributed by atoms with van der Waals surface area (Å²) in [5.74, 6) is 0.327. The number of nitrogens with one attached hydrogen (secondary N) is 1. The lowest BCUT2D eigenvalue weighted by molar-refractivity contribution is 0.0696. The van der Waals surface area contributed by atoms with Crippen LogP contribution in [0.2, 0.25) is 10.3 Å². The van der Waals surface area contributed by atoms with Gasteiger partial charge in [-0.2, -0.15) is 0 Å². The minimum atomic E-state index is -1.24. The molecule has 0 amide bonds. The molecule has 0 atom stereocenters. The highest BCUT2D eigenvalue weighted by atomic mass is 35.5. The van der Waals surface area contributed by atoms with Gasteiger partial charge in [-0.3, -0.25) is 0 Å². The van der Waals surface area contributed by atoms with Crippen LogP contribution in [0.1, 0.15) is 38.1 Å². The minimum absolute atomic E-state index is 0.155. The molecule has 1 aromatic heterocycles. The normalized spacial score (nSPS) is 10.4. The van der Waals surface area contributed by atoms with E-state index < -0.39 is 5.97 Å². The molecule has 0 aliphatic heterocycles. The van der Waals surface area contributed by atoms with Crippen molar-refractivity contribution in [3.05, 3.63) is 22.2 Å². The van der Waals surface area contributed by atoms with Crippen LogP contribution in [-0.2, 0) is 0 Å². The third kappa shape index (κ3) is 8.30. The molecule has 7 heteroatoms. The van der Waals surface area contributed by atoms with Crippen LogP contribution in [0, 0.1) is 11.8 Å². The van der Waals surface area contributed by atoms with Gasteiger partial charge in [0.15, 0.2) is 0 Å². The zero-order valence-corrected chi connectivity index (χ0v) is 13.7. The number of aromatic nitrogens is 2. The molecule has 2 N–H and O–H groups in total. The molecule has 0 aromatic carbocycles. The van der Waals surface area contributed by atoms with Gasteiger partial charge in [0.2, 0.25) is 0 Å². The third-order valence-corrected chi connectivity index (χ3v) is 2.65. The van der Waals surface area contributed by atoms with Crippen molar-refractivity contribution in [3.63, 3.8) is 0 Å². The van der Waals surface area contributed by atoms with Crippen molar-refractivity contribution in [2.75, 3.05) is 13.1 Å². The Morgan fingerprint density at radius 3 is 1.80 bits per heavy atom. The van der Waals surface area contributed by atoms with Crippen molar-refractivity contribution in [1.82, 2.24) is 15.3 Å². The summed E-state index contributed by atoms with van der Waals surface area (Å²) in [5.41, 5.74) is -0.268. The Bertz CT molecular complexity index is 398. The topological polar surface area (TPSA) is 75.1 Å². The van der Waals surface area contributed by atoms with Crippen LogP contribution in [0.15, 0.2) is 6.33 Å². The third-order valence-electron chi connectivity index (χ3n) is 2.07. The largest absolute Gasteiger partial charge is 0.477 e. The van der Waals surface area contributed by atoms with Crippen LogP contribution in [0.25, 0.3) is 0 Å². The second kappa shape index (κ2) is 9.91. The van der Waals surface area contributed by atoms with E-state index in [1.165, 1.54) is 0 Å². The van der Waals surface area contributed by atoms with Crippen LogP contribution in [-0.4, -0.2) is 34.1 Å². The molecule has 1 rings (SSSR count). The molecular formula is C13H21Cl2N3O2. The maximum atomic E-state index is 10.4. The molecule has 0 saturated heterocycles. The number of carboxylic acids is 1. The first-order valence-corrected chi connectivity index (χ1v) is 7.11. The van der Waals surface area contributed by atoms with Gasteiger partial charge in [0, 0.05) is 0 Å². The molecule has 0 saturated carbocycles. The summed E-state index contributed by atoms with van der Waals surface area (Å²) in [4.78, 5) is 17.3. The van der Waals surface area contributed by atoms with E-state index in [1.54, 1.807) is 0 Å². The molecule has 5 nitrogen and oxygen atoms in total. The number of carboxylic acid groups (broad SMARTS) is 1. The van der Waals surface area contributed by atoms with Gasteiger partial charge in [-0.25, -0.2) is 14.8 Å². The van der Waals surface area contributed by atoms with Crippen molar-refractivity contribution in [2.24, 2.45) is 11.8 Å². The Labute approximate surface area is 129 Å². The molecule has 0 spiro atoms. The van der Waals surface area contributed by atoms with Crippen molar-refractivity contribution in [2.45, 2.75) is 27.7 Å². The van der Waals surface area contributed by atoms with E-state index in [4.69, 9.17) is 28.3 Å². The second-order valence-corrected chi connectivity index (χ2v) is 5.80. The number of nitrogens with zero attached hydrogens (tertiary/aromatic N) is 2. The predicted octanol–water partition coefficient (Wildman–Crippen LogP) is 3.37. The molecule has 0 bridgehead atoms. The molecule has 1 heterocycles. The highest BCUT2D eigenvalue weighted by molar-refractivity contribution is 6.37. The van der Waals surface area contributed by atoms with E-state index in [1.807, 2.05) is 0 Å². The fourth-order valence-electron chi connectivity index (χ4n) is 1.18. The van der Waals surface area contributed by atoms with Crippen LogP contribution < -0.4 is 5.32 Å². The first kappa shape index (κ1) is 19.1. The maximum Gasteiger partial charge on any atom is 0.342 e. The summed E-state index contributed by atoms with van der Waals surface area (Å²) in [6, 6.07) is 0. The number of aromatic carboxylic acids is 1. The van der Waals surface area contributed by atoms with Crippen molar-refractivity contribution in [1.29, 1.82) is 0 Å². The summed E-state index contributed by atoms with van der Waals surface area (Å²) in [5, 5.41) is 11.6. The predicted molar refractivity (Wildman–Crippen MR) is 81.6 cm³/mol. The first-order valence-electron chi connectivity index (χ1n) is 6.35. The van der Waals surface area contributed by atoms with E-state index in [0.717, 1.165) is 31.3 Å². The highest BCUT2D eigenvalue weighted by Crippen LogP contribution is 2.18. The van der Waals surface area contributed by atoms with E-state index in [2.05, 4.69) is 43.0 Å². The summed E-state index contributed by atoms with van der Waals surface area (Å²) >= 11 is 10.8. The SMILES string of the molecule is CC(C)CNCC(C)C.O=C(O)c1c(Cl)ncnc1Cl. The minimum Gasteiger partial charge on any atom is -0.477 e. The first-order chi connectivity index (χ1) is 9.25. The lowest BCUT2D eigenvalue weighted by Gasteiger charge is -2.08. The summed E-state index contributed by atoms with van der Waals surface area (Å²) in [6.07, 6.45) is 1.09. The van der Waals surface area contributed by atoms with Crippen LogP contribution in [0.5, 0.6) is 0 Å². The van der Waals surface area contributed by atoms with Crippen molar-refractivity contribution in [3.8, 4) is 0 Å². The molecular weight excluding hydrogens is 301 g/mol. The zero-order valence-electron chi connectivity index (χ0n) is 12.2. The van der Waals surface area contributed by atoms with Gasteiger partial charge < -0.3 is 10.4 Å². The van der Waals surface area contributed by atoms with Crippen LogP contribution >= 0.6 is 23.2 Å². The second-order valence-electron chi connectivity index (χ2n) is 5.08. The number of rotatable bonds is 5. The fourth-order valence-corrected chi connectivity index (χ4v) is 1.66. The molecule has 0 fully saturated rings. The molecule has 0 radical (unpaired) electrons. The van der Waals surface area contributed by atoms with Gasteiger partial charge in [-0.1, -0.05) is 50.9 Å². The Hall–Kier alpha value is -0.910.